The second kappa shape index (κ2) is 71.9. The van der Waals surface area contributed by atoms with Crippen molar-refractivity contribution in [2.24, 2.45) is 0 Å². The van der Waals surface area contributed by atoms with E-state index in [1.165, 1.54) is 353 Å². The van der Waals surface area contributed by atoms with Crippen LogP contribution < -0.4 is 0 Å². The summed E-state index contributed by atoms with van der Waals surface area (Å²) >= 11 is 0. The van der Waals surface area contributed by atoms with Crippen molar-refractivity contribution in [2.45, 2.75) is 457 Å². The summed E-state index contributed by atoms with van der Waals surface area (Å²) in [4.78, 5) is 38.6. The van der Waals surface area contributed by atoms with Crippen LogP contribution in [0.4, 0.5) is 0 Å². The lowest BCUT2D eigenvalue weighted by Crippen LogP contribution is -2.30. The number of hydrogen-bond acceptors (Lipinski definition) is 6. The Hall–Kier alpha value is -1.59. The molecule has 1 atom stereocenters. The lowest BCUT2D eigenvalue weighted by atomic mass is 10.0. The van der Waals surface area contributed by atoms with Gasteiger partial charge in [-0.1, -0.05) is 412 Å². The molecule has 0 radical (unpaired) electrons. The fourth-order valence-corrected chi connectivity index (χ4v) is 12.2. The number of unbranched alkanes of at least 4 members (excludes halogenated alkanes) is 61. The van der Waals surface area contributed by atoms with E-state index in [0.717, 1.165) is 57.8 Å². The number of carbonyl (C=O) groups is 3. The first-order valence-corrected chi connectivity index (χ1v) is 38.0. The first-order valence-electron chi connectivity index (χ1n) is 38.0. The van der Waals surface area contributed by atoms with Crippen LogP contribution in [0.15, 0.2) is 0 Å². The molecule has 0 amide bonds. The van der Waals surface area contributed by atoms with E-state index in [9.17, 15) is 14.4 Å². The molecule has 1 unspecified atom stereocenters. The van der Waals surface area contributed by atoms with E-state index in [-0.39, 0.29) is 31.1 Å². The summed E-state index contributed by atoms with van der Waals surface area (Å²) in [6, 6.07) is 0. The summed E-state index contributed by atoms with van der Waals surface area (Å²) in [5.74, 6) is -0.813. The van der Waals surface area contributed by atoms with Crippen LogP contribution in [0.25, 0.3) is 0 Å². The molecule has 0 rings (SSSR count). The van der Waals surface area contributed by atoms with Crippen molar-refractivity contribution in [2.75, 3.05) is 13.2 Å². The largest absolute Gasteiger partial charge is 0.462 e. The molecule has 0 aromatic carbocycles. The summed E-state index contributed by atoms with van der Waals surface area (Å²) in [5, 5.41) is 0. The Balaban J connectivity index is 4.22. The number of ether oxygens (including phenoxy) is 3. The van der Waals surface area contributed by atoms with Crippen LogP contribution in [0.3, 0.4) is 0 Å². The Bertz CT molecular complexity index is 1240. The van der Waals surface area contributed by atoms with Gasteiger partial charge in [-0.05, 0) is 19.3 Å². The zero-order valence-electron chi connectivity index (χ0n) is 56.3. The minimum atomic E-state index is -0.764. The van der Waals surface area contributed by atoms with Crippen molar-refractivity contribution in [3.05, 3.63) is 0 Å². The third kappa shape index (κ3) is 69.2. The summed E-state index contributed by atoms with van der Waals surface area (Å²) in [6.45, 7) is 6.76. The van der Waals surface area contributed by atoms with Crippen molar-refractivity contribution in [3.8, 4) is 0 Å². The van der Waals surface area contributed by atoms with E-state index in [1.807, 2.05) is 0 Å². The molecule has 0 aliphatic carbocycles. The smallest absolute Gasteiger partial charge is 0.306 e. The highest BCUT2D eigenvalue weighted by Gasteiger charge is 2.20. The maximum atomic E-state index is 13.0. The number of hydrogen-bond donors (Lipinski definition) is 0. The van der Waals surface area contributed by atoms with E-state index >= 15 is 0 Å². The Labute approximate surface area is 514 Å². The molecule has 0 saturated heterocycles. The van der Waals surface area contributed by atoms with Crippen molar-refractivity contribution < 1.29 is 28.6 Å². The monoisotopic (exact) mass is 1160 g/mol. The number of carbonyl (C=O) groups excluding carboxylic acids is 3. The fourth-order valence-electron chi connectivity index (χ4n) is 12.2. The lowest BCUT2D eigenvalue weighted by molar-refractivity contribution is -0.167. The molecule has 6 nitrogen and oxygen atoms in total. The minimum Gasteiger partial charge on any atom is -0.462 e. The van der Waals surface area contributed by atoms with Gasteiger partial charge in [-0.15, -0.1) is 0 Å². The van der Waals surface area contributed by atoms with Gasteiger partial charge in [0.15, 0.2) is 6.10 Å². The molecule has 0 aliphatic heterocycles. The topological polar surface area (TPSA) is 78.9 Å². The van der Waals surface area contributed by atoms with Gasteiger partial charge in [0, 0.05) is 19.3 Å². The second-order valence-electron chi connectivity index (χ2n) is 26.3. The zero-order chi connectivity index (χ0) is 59.2. The number of rotatable bonds is 72. The predicted molar refractivity (Wildman–Crippen MR) is 358 cm³/mol. The van der Waals surface area contributed by atoms with Crippen LogP contribution in [0, 0.1) is 0 Å². The van der Waals surface area contributed by atoms with Gasteiger partial charge in [-0.2, -0.15) is 0 Å². The molecule has 488 valence electrons. The van der Waals surface area contributed by atoms with Gasteiger partial charge < -0.3 is 14.2 Å². The average Bonchev–Trinajstić information content (AvgIpc) is 3.47. The molecule has 0 aromatic rings. The van der Waals surface area contributed by atoms with Crippen molar-refractivity contribution in [1.29, 1.82) is 0 Å². The molecule has 0 bridgehead atoms. The molecule has 0 saturated carbocycles. The predicted octanol–water partition coefficient (Wildman–Crippen LogP) is 26.2. The summed E-state index contributed by atoms with van der Waals surface area (Å²) < 4.78 is 17.1. The molecule has 0 spiro atoms. The van der Waals surface area contributed by atoms with Crippen LogP contribution in [-0.4, -0.2) is 37.2 Å². The van der Waals surface area contributed by atoms with Gasteiger partial charge in [0.2, 0.25) is 0 Å². The van der Waals surface area contributed by atoms with E-state index in [1.54, 1.807) is 0 Å². The van der Waals surface area contributed by atoms with Crippen LogP contribution in [-0.2, 0) is 28.6 Å². The van der Waals surface area contributed by atoms with E-state index < -0.39 is 6.10 Å². The Morgan fingerprint density at radius 1 is 0.195 bits per heavy atom. The van der Waals surface area contributed by atoms with E-state index in [0.29, 0.717) is 19.3 Å². The van der Waals surface area contributed by atoms with Gasteiger partial charge in [-0.3, -0.25) is 14.4 Å². The summed E-state index contributed by atoms with van der Waals surface area (Å²) in [6.07, 6.45) is 85.8. The molecular formula is C76H148O6. The molecular weight excluding hydrogens is 1010 g/mol. The van der Waals surface area contributed by atoms with Crippen LogP contribution >= 0.6 is 0 Å². The maximum absolute atomic E-state index is 13.0. The van der Waals surface area contributed by atoms with E-state index in [4.69, 9.17) is 14.2 Å². The van der Waals surface area contributed by atoms with Crippen molar-refractivity contribution >= 4 is 17.9 Å². The highest BCUT2D eigenvalue weighted by atomic mass is 16.6. The van der Waals surface area contributed by atoms with Crippen molar-refractivity contribution in [1.82, 2.24) is 0 Å². The fraction of sp³-hybridized carbons (Fsp3) is 0.961. The summed E-state index contributed by atoms with van der Waals surface area (Å²) in [7, 11) is 0. The van der Waals surface area contributed by atoms with Crippen molar-refractivity contribution in [3.63, 3.8) is 0 Å². The summed E-state index contributed by atoms with van der Waals surface area (Å²) in [5.41, 5.74) is 0. The highest BCUT2D eigenvalue weighted by Crippen LogP contribution is 2.20. The Morgan fingerprint density at radius 2 is 0.329 bits per heavy atom. The molecule has 0 aliphatic rings. The average molecular weight is 1160 g/mol. The highest BCUT2D eigenvalue weighted by molar-refractivity contribution is 5.71. The SMILES string of the molecule is CCCCCCCCCCCCCCCCCCCCCCCCCCCCC(=O)OCC(COC(=O)CCCCCCCCCCCCCCCCCCCC)OC(=O)CCCCCCCCCCCCCCCCCCCCCC. The third-order valence-corrected chi connectivity index (χ3v) is 17.9. The van der Waals surface area contributed by atoms with Crippen LogP contribution in [0.1, 0.15) is 451 Å². The van der Waals surface area contributed by atoms with Gasteiger partial charge >= 0.3 is 17.9 Å². The van der Waals surface area contributed by atoms with Gasteiger partial charge in [0.1, 0.15) is 13.2 Å². The second-order valence-corrected chi connectivity index (χ2v) is 26.3. The molecule has 0 N–H and O–H groups in total. The quantitative estimate of drug-likeness (QED) is 0.0343. The third-order valence-electron chi connectivity index (χ3n) is 17.9. The van der Waals surface area contributed by atoms with E-state index in [2.05, 4.69) is 20.8 Å². The molecule has 0 heterocycles. The zero-order valence-corrected chi connectivity index (χ0v) is 56.3. The number of esters is 3. The molecule has 6 heteroatoms. The van der Waals surface area contributed by atoms with Gasteiger partial charge in [-0.25, -0.2) is 0 Å². The van der Waals surface area contributed by atoms with Gasteiger partial charge in [0.05, 0.1) is 0 Å². The Morgan fingerprint density at radius 3 is 0.488 bits per heavy atom. The van der Waals surface area contributed by atoms with Crippen LogP contribution in [0.5, 0.6) is 0 Å². The standard InChI is InChI=1S/C76H148O6/c1-4-7-10-13-16-19-22-25-28-31-34-36-37-38-39-40-41-43-45-48-51-54-57-60-63-66-69-75(78)81-72-73(71-80-74(77)68-65-62-59-56-53-50-47-44-33-30-27-24-21-18-15-12-9-6-3)82-76(79)70-67-64-61-58-55-52-49-46-42-35-32-29-26-23-20-17-14-11-8-5-2/h73H,4-72H2,1-3H3. The first kappa shape index (κ1) is 80.4. The Kier molecular flexibility index (Phi) is 70.5. The normalized spacial score (nSPS) is 11.9. The lowest BCUT2D eigenvalue weighted by Gasteiger charge is -2.18. The van der Waals surface area contributed by atoms with Gasteiger partial charge in [0.25, 0.3) is 0 Å². The maximum Gasteiger partial charge on any atom is 0.306 e. The first-order chi connectivity index (χ1) is 40.5. The molecule has 82 heavy (non-hydrogen) atoms. The molecule has 0 aromatic heterocycles. The molecule has 0 fully saturated rings. The van der Waals surface area contributed by atoms with Crippen LogP contribution in [0.2, 0.25) is 0 Å². The minimum absolute atomic E-state index is 0.0597.